The number of Topliss-reactive ketones (excluding diaryl/α,β-unsaturated/α-hetero) is 1. The molecular weight excluding hydrogens is 524 g/mol. The van der Waals surface area contributed by atoms with Crippen LogP contribution in [0.2, 0.25) is 0 Å². The van der Waals surface area contributed by atoms with Gasteiger partial charge in [-0.25, -0.2) is 4.79 Å². The Morgan fingerprint density at radius 3 is 1.69 bits per heavy atom. The molecule has 2 N–H and O–H groups in total. The van der Waals surface area contributed by atoms with Gasteiger partial charge in [-0.05, 0) is 19.8 Å². The van der Waals surface area contributed by atoms with Crippen molar-refractivity contribution in [1.82, 2.24) is 30.0 Å². The van der Waals surface area contributed by atoms with Gasteiger partial charge in [-0.3, -0.25) is 23.3 Å². The van der Waals surface area contributed by atoms with E-state index in [4.69, 9.17) is 18.6 Å². The lowest BCUT2D eigenvalue weighted by atomic mass is 10.2. The van der Waals surface area contributed by atoms with Gasteiger partial charge in [-0.2, -0.15) is 16.8 Å². The summed E-state index contributed by atoms with van der Waals surface area (Å²) in [6, 6.07) is 0. The smallest absolute Gasteiger partial charge is 0.338 e. The van der Waals surface area contributed by atoms with Crippen LogP contribution >= 0.6 is 0 Å². The van der Waals surface area contributed by atoms with Crippen LogP contribution in [0.5, 0.6) is 0 Å². The van der Waals surface area contributed by atoms with Crippen molar-refractivity contribution in [3.8, 4) is 0 Å². The molecule has 2 aromatic rings. The second kappa shape index (κ2) is 12.7. The number of ketones is 1. The average Bonchev–Trinajstić information content (AvgIpc) is 3.39. The molecule has 16 nitrogen and oxygen atoms in total. The molecule has 0 unspecified atom stereocenters. The predicted molar refractivity (Wildman–Crippen MR) is 120 cm³/mol. The van der Waals surface area contributed by atoms with Crippen LogP contribution in [0.3, 0.4) is 0 Å². The van der Waals surface area contributed by atoms with Crippen LogP contribution in [0.15, 0.2) is 23.7 Å². The van der Waals surface area contributed by atoms with Crippen molar-refractivity contribution >= 4 is 32.0 Å². The van der Waals surface area contributed by atoms with Crippen molar-refractivity contribution in [3.05, 3.63) is 35.1 Å². The fourth-order valence-electron chi connectivity index (χ4n) is 2.81. The Hall–Kier alpha value is -3.22. The van der Waals surface area contributed by atoms with E-state index >= 15 is 0 Å². The Balaban J connectivity index is 1.90. The lowest BCUT2D eigenvalue weighted by Gasteiger charge is -2.10. The lowest BCUT2D eigenvalue weighted by Crippen LogP contribution is -2.14. The van der Waals surface area contributed by atoms with Gasteiger partial charge in [0.1, 0.15) is 24.6 Å². The maximum Gasteiger partial charge on any atom is 0.338 e. The Morgan fingerprint density at radius 1 is 0.833 bits per heavy atom. The zero-order valence-electron chi connectivity index (χ0n) is 19.5. The Morgan fingerprint density at radius 2 is 1.28 bits per heavy atom. The summed E-state index contributed by atoms with van der Waals surface area (Å²) in [6.07, 6.45) is 3.14. The largest absolute Gasteiger partial charge is 0.483 e. The molecule has 0 spiro atoms. The van der Waals surface area contributed by atoms with Crippen LogP contribution in [-0.4, -0.2) is 79.2 Å². The number of nitrogens with zero attached hydrogens (tertiary/aromatic N) is 6. The van der Waals surface area contributed by atoms with E-state index in [0.29, 0.717) is 5.69 Å². The van der Waals surface area contributed by atoms with Gasteiger partial charge in [-0.1, -0.05) is 10.4 Å². The third-order valence-electron chi connectivity index (χ3n) is 4.43. The quantitative estimate of drug-likeness (QED) is 0.124. The van der Waals surface area contributed by atoms with E-state index in [1.807, 2.05) is 0 Å². The first-order valence-electron chi connectivity index (χ1n) is 10.4. The molecule has 0 saturated carbocycles. The number of hydrogen-bond donors (Lipinski definition) is 2. The van der Waals surface area contributed by atoms with Gasteiger partial charge in [0, 0.05) is 20.0 Å². The van der Waals surface area contributed by atoms with E-state index in [-0.39, 0.29) is 56.2 Å². The summed E-state index contributed by atoms with van der Waals surface area (Å²) in [4.78, 5) is 24.4. The SMILES string of the molecule is CC(=O)/C(OCc1cn(CCCS(=O)(=O)O)nn1)=C(\C)C(=O)OCc1cn(CCCS(=O)(=O)O)nn1. The van der Waals surface area contributed by atoms with E-state index in [1.54, 1.807) is 0 Å². The van der Waals surface area contributed by atoms with Crippen LogP contribution in [0.25, 0.3) is 0 Å². The second-order valence-electron chi connectivity index (χ2n) is 7.60. The first kappa shape index (κ1) is 29.0. The maximum atomic E-state index is 12.4. The lowest BCUT2D eigenvalue weighted by molar-refractivity contribution is -0.141. The van der Waals surface area contributed by atoms with E-state index in [9.17, 15) is 26.4 Å². The Bertz CT molecular complexity index is 1310. The first-order chi connectivity index (χ1) is 16.7. The van der Waals surface area contributed by atoms with Crippen molar-refractivity contribution < 1.29 is 45.0 Å². The standard InChI is InChI=1S/C18H26N6O10S2/c1-13(18(26)34-12-16-10-24(22-20-16)6-4-8-36(30,31)32)17(14(2)25)33-11-15-9-23(21-19-15)5-3-7-35(27,28)29/h9-10H,3-8,11-12H2,1-2H3,(H,27,28,29)(H,30,31,32)/b17-13-. The van der Waals surface area contributed by atoms with Crippen LogP contribution in [0.1, 0.15) is 38.1 Å². The van der Waals surface area contributed by atoms with E-state index in [2.05, 4.69) is 20.6 Å². The normalized spacial score (nSPS) is 12.8. The molecule has 0 saturated heterocycles. The van der Waals surface area contributed by atoms with Crippen molar-refractivity contribution in [2.75, 3.05) is 11.5 Å². The minimum Gasteiger partial charge on any atom is -0.483 e. The molecule has 0 radical (unpaired) electrons. The highest BCUT2D eigenvalue weighted by Crippen LogP contribution is 2.13. The number of carbonyl (C=O) groups is 2. The van der Waals surface area contributed by atoms with E-state index < -0.39 is 43.5 Å². The summed E-state index contributed by atoms with van der Waals surface area (Å²) in [5, 5.41) is 15.2. The molecule has 0 aliphatic heterocycles. The molecule has 0 amide bonds. The van der Waals surface area contributed by atoms with Crippen LogP contribution < -0.4 is 0 Å². The highest BCUT2D eigenvalue weighted by atomic mass is 32.2. The molecule has 0 atom stereocenters. The van der Waals surface area contributed by atoms with Crippen LogP contribution in [0.4, 0.5) is 0 Å². The molecule has 18 heteroatoms. The van der Waals surface area contributed by atoms with Crippen LogP contribution in [-0.2, 0) is 65.6 Å². The molecule has 0 aliphatic rings. The van der Waals surface area contributed by atoms with Crippen LogP contribution in [0, 0.1) is 0 Å². The minimum atomic E-state index is -4.08. The van der Waals surface area contributed by atoms with Gasteiger partial charge in [-0.15, -0.1) is 10.2 Å². The van der Waals surface area contributed by atoms with Gasteiger partial charge in [0.2, 0.25) is 0 Å². The topological polar surface area (TPSA) is 223 Å². The monoisotopic (exact) mass is 550 g/mol. The maximum absolute atomic E-state index is 12.4. The number of aryl methyl sites for hydroxylation is 2. The molecule has 0 aliphatic carbocycles. The molecule has 36 heavy (non-hydrogen) atoms. The van der Waals surface area contributed by atoms with E-state index in [0.717, 1.165) is 0 Å². The van der Waals surface area contributed by atoms with Crippen molar-refractivity contribution in [2.24, 2.45) is 0 Å². The predicted octanol–water partition coefficient (Wildman–Crippen LogP) is -0.452. The number of ether oxygens (including phenoxy) is 2. The van der Waals surface area contributed by atoms with Crippen molar-refractivity contribution in [3.63, 3.8) is 0 Å². The summed E-state index contributed by atoms with van der Waals surface area (Å²) >= 11 is 0. The third kappa shape index (κ3) is 10.6. The number of rotatable bonds is 15. The number of carbonyl (C=O) groups excluding carboxylic acids is 2. The van der Waals surface area contributed by atoms with Crippen molar-refractivity contribution in [2.45, 2.75) is 53.0 Å². The Kier molecular flexibility index (Phi) is 10.2. The van der Waals surface area contributed by atoms with Gasteiger partial charge in [0.25, 0.3) is 20.2 Å². The summed E-state index contributed by atoms with van der Waals surface area (Å²) in [6.45, 7) is 2.44. The third-order valence-corrected chi connectivity index (χ3v) is 6.04. The number of esters is 1. The van der Waals surface area contributed by atoms with E-state index in [1.165, 1.54) is 35.6 Å². The highest BCUT2D eigenvalue weighted by Gasteiger charge is 2.19. The summed E-state index contributed by atoms with van der Waals surface area (Å²) < 4.78 is 73.8. The molecule has 200 valence electrons. The number of hydrogen-bond acceptors (Lipinski definition) is 12. The minimum absolute atomic E-state index is 0.0939. The zero-order valence-corrected chi connectivity index (χ0v) is 21.1. The van der Waals surface area contributed by atoms with Crippen molar-refractivity contribution in [1.29, 1.82) is 0 Å². The molecule has 2 aromatic heterocycles. The summed E-state index contributed by atoms with van der Waals surface area (Å²) in [5.41, 5.74) is 0.495. The van der Waals surface area contributed by atoms with Gasteiger partial charge >= 0.3 is 5.97 Å². The second-order valence-corrected chi connectivity index (χ2v) is 10.7. The fraction of sp³-hybridized carbons (Fsp3) is 0.556. The highest BCUT2D eigenvalue weighted by molar-refractivity contribution is 7.86. The molecule has 0 fully saturated rings. The van der Waals surface area contributed by atoms with Gasteiger partial charge in [0.05, 0.1) is 29.5 Å². The number of aromatic nitrogens is 6. The fourth-order valence-corrected chi connectivity index (χ4v) is 3.79. The molecule has 2 rings (SSSR count). The molecule has 0 aromatic carbocycles. The summed E-state index contributed by atoms with van der Waals surface area (Å²) in [7, 11) is -8.15. The molecular formula is C18H26N6O10S2. The van der Waals surface area contributed by atoms with Gasteiger partial charge in [0.15, 0.2) is 11.5 Å². The first-order valence-corrected chi connectivity index (χ1v) is 13.7. The summed E-state index contributed by atoms with van der Waals surface area (Å²) in [5.74, 6) is -2.47. The Labute approximate surface area is 206 Å². The molecule has 0 bridgehead atoms. The molecule has 2 heterocycles. The average molecular weight is 551 g/mol. The zero-order chi connectivity index (χ0) is 26.9. The number of allylic oxidation sites excluding steroid dienone is 1. The van der Waals surface area contributed by atoms with Gasteiger partial charge < -0.3 is 9.47 Å².